The van der Waals surface area contributed by atoms with Crippen molar-refractivity contribution in [3.63, 3.8) is 0 Å². The van der Waals surface area contributed by atoms with Crippen LogP contribution < -0.4 is 10.1 Å². The Morgan fingerprint density at radius 2 is 1.64 bits per heavy atom. The molecule has 0 amide bonds. The van der Waals surface area contributed by atoms with Crippen LogP contribution in [0.25, 0.3) is 10.8 Å². The fourth-order valence-electron chi connectivity index (χ4n) is 3.15. The molecule has 0 spiro atoms. The van der Waals surface area contributed by atoms with Gasteiger partial charge in [0.15, 0.2) is 0 Å². The van der Waals surface area contributed by atoms with Gasteiger partial charge in [-0.15, -0.1) is 0 Å². The molecule has 4 heteroatoms. The van der Waals surface area contributed by atoms with E-state index in [1.165, 1.54) is 16.8 Å². The largest absolute Gasteiger partial charge is 0.489 e. The first-order valence-corrected chi connectivity index (χ1v) is 9.45. The van der Waals surface area contributed by atoms with Gasteiger partial charge in [-0.3, -0.25) is 0 Å². The molecule has 2 nitrogen and oxygen atoms in total. The highest BCUT2D eigenvalue weighted by Crippen LogP contribution is 2.25. The van der Waals surface area contributed by atoms with Gasteiger partial charge in [-0.05, 0) is 41.3 Å². The average molecular weight is 392 g/mol. The predicted octanol–water partition coefficient (Wildman–Crippen LogP) is 6.82. The molecule has 0 radical (unpaired) electrons. The Balaban J connectivity index is 1.45. The van der Waals surface area contributed by atoms with Crippen molar-refractivity contribution < 1.29 is 9.13 Å². The highest BCUT2D eigenvalue weighted by atomic mass is 35.5. The third-order valence-corrected chi connectivity index (χ3v) is 4.97. The van der Waals surface area contributed by atoms with E-state index in [-0.39, 0.29) is 12.4 Å². The van der Waals surface area contributed by atoms with Gasteiger partial charge in [0.2, 0.25) is 0 Å². The van der Waals surface area contributed by atoms with E-state index in [4.69, 9.17) is 16.3 Å². The lowest BCUT2D eigenvalue weighted by atomic mass is 10.1. The zero-order valence-corrected chi connectivity index (χ0v) is 15.9. The molecular formula is C24H19ClFNO. The molecule has 140 valence electrons. The number of fused-ring (bicyclic) bond motifs is 1. The van der Waals surface area contributed by atoms with E-state index in [9.17, 15) is 4.39 Å². The van der Waals surface area contributed by atoms with Crippen LogP contribution in [0.4, 0.5) is 10.1 Å². The topological polar surface area (TPSA) is 21.3 Å². The van der Waals surface area contributed by atoms with Gasteiger partial charge in [-0.2, -0.15) is 0 Å². The molecule has 0 aliphatic carbocycles. The zero-order valence-electron chi connectivity index (χ0n) is 15.2. The number of benzene rings is 4. The summed E-state index contributed by atoms with van der Waals surface area (Å²) in [5.41, 5.74) is 2.52. The fraction of sp³-hybridized carbons (Fsp3) is 0.0833. The Kier molecular flexibility index (Phi) is 5.45. The highest BCUT2D eigenvalue weighted by molar-refractivity contribution is 6.31. The van der Waals surface area contributed by atoms with Crippen LogP contribution in [0.2, 0.25) is 5.02 Å². The molecule has 0 aliphatic heterocycles. The van der Waals surface area contributed by atoms with Crippen molar-refractivity contribution in [1.29, 1.82) is 0 Å². The molecule has 4 aromatic rings. The van der Waals surface area contributed by atoms with E-state index < -0.39 is 0 Å². The molecule has 1 N–H and O–H groups in total. The number of ether oxygens (including phenoxy) is 1. The maximum Gasteiger partial charge on any atom is 0.131 e. The van der Waals surface area contributed by atoms with Crippen molar-refractivity contribution in [2.75, 3.05) is 5.32 Å². The quantitative estimate of drug-likeness (QED) is 0.389. The second kappa shape index (κ2) is 8.32. The van der Waals surface area contributed by atoms with Gasteiger partial charge in [0.05, 0.1) is 5.02 Å². The summed E-state index contributed by atoms with van der Waals surface area (Å²) in [5, 5.41) is 6.24. The molecule has 28 heavy (non-hydrogen) atoms. The van der Waals surface area contributed by atoms with Crippen LogP contribution in [0.3, 0.4) is 0 Å². The summed E-state index contributed by atoms with van der Waals surface area (Å²) in [6, 6.07) is 26.9. The van der Waals surface area contributed by atoms with Crippen molar-refractivity contribution >= 4 is 28.1 Å². The Labute approximate surface area is 168 Å². The van der Waals surface area contributed by atoms with Crippen LogP contribution in [0.15, 0.2) is 84.9 Å². The average Bonchev–Trinajstić information content (AvgIpc) is 2.72. The lowest BCUT2D eigenvalue weighted by Gasteiger charge is -2.12. The van der Waals surface area contributed by atoms with Crippen molar-refractivity contribution in [2.24, 2.45) is 0 Å². The predicted molar refractivity (Wildman–Crippen MR) is 113 cm³/mol. The summed E-state index contributed by atoms with van der Waals surface area (Å²) in [4.78, 5) is 0. The molecule has 4 aromatic carbocycles. The maximum absolute atomic E-state index is 13.9. The number of hydrogen-bond acceptors (Lipinski definition) is 2. The van der Waals surface area contributed by atoms with Crippen molar-refractivity contribution in [3.05, 3.63) is 107 Å². The fourth-order valence-corrected chi connectivity index (χ4v) is 3.37. The van der Waals surface area contributed by atoms with Crippen molar-refractivity contribution in [1.82, 2.24) is 0 Å². The van der Waals surface area contributed by atoms with Crippen LogP contribution in [0.5, 0.6) is 5.75 Å². The van der Waals surface area contributed by atoms with Crippen LogP contribution in [-0.2, 0) is 13.2 Å². The molecule has 0 heterocycles. The number of nitrogens with one attached hydrogen (secondary N) is 1. The normalized spacial score (nSPS) is 10.8. The molecular weight excluding hydrogens is 373 g/mol. The summed E-state index contributed by atoms with van der Waals surface area (Å²) >= 11 is 6.06. The van der Waals surface area contributed by atoms with Gasteiger partial charge >= 0.3 is 0 Å². The molecule has 0 saturated carbocycles. The first kappa shape index (κ1) is 18.3. The van der Waals surface area contributed by atoms with Gasteiger partial charge in [0.1, 0.15) is 18.2 Å². The molecule has 0 bridgehead atoms. The number of anilines is 1. The Bertz CT molecular complexity index is 1090. The maximum atomic E-state index is 13.9. The zero-order chi connectivity index (χ0) is 19.3. The summed E-state index contributed by atoms with van der Waals surface area (Å²) in [6.45, 7) is 0.747. The molecule has 0 aromatic heterocycles. The van der Waals surface area contributed by atoms with Crippen LogP contribution in [0.1, 0.15) is 11.1 Å². The lowest BCUT2D eigenvalue weighted by molar-refractivity contribution is 0.299. The van der Waals surface area contributed by atoms with Gasteiger partial charge in [0, 0.05) is 23.2 Å². The number of rotatable bonds is 6. The summed E-state index contributed by atoms with van der Waals surface area (Å²) in [6.07, 6.45) is 0. The second-order valence-electron chi connectivity index (χ2n) is 6.52. The molecule has 0 unspecified atom stereocenters. The summed E-state index contributed by atoms with van der Waals surface area (Å²) in [7, 11) is 0. The number of halogens is 2. The third-order valence-electron chi connectivity index (χ3n) is 4.62. The molecule has 0 saturated heterocycles. The van der Waals surface area contributed by atoms with Gasteiger partial charge < -0.3 is 10.1 Å². The smallest absolute Gasteiger partial charge is 0.131 e. The van der Waals surface area contributed by atoms with Crippen molar-refractivity contribution in [3.8, 4) is 5.75 Å². The Morgan fingerprint density at radius 3 is 2.54 bits per heavy atom. The first-order valence-electron chi connectivity index (χ1n) is 9.07. The van der Waals surface area contributed by atoms with Crippen LogP contribution in [-0.4, -0.2) is 0 Å². The Morgan fingerprint density at radius 1 is 0.857 bits per heavy atom. The number of hydrogen-bond donors (Lipinski definition) is 1. The van der Waals surface area contributed by atoms with E-state index in [1.807, 2.05) is 42.5 Å². The molecule has 4 rings (SSSR count). The van der Waals surface area contributed by atoms with E-state index >= 15 is 0 Å². The highest BCUT2D eigenvalue weighted by Gasteiger charge is 2.08. The molecule has 0 aliphatic rings. The third kappa shape index (κ3) is 4.10. The van der Waals surface area contributed by atoms with Gasteiger partial charge in [-0.25, -0.2) is 4.39 Å². The Hall–Kier alpha value is -3.04. The molecule has 0 atom stereocenters. The minimum Gasteiger partial charge on any atom is -0.489 e. The van der Waals surface area contributed by atoms with E-state index in [0.717, 1.165) is 11.3 Å². The molecule has 0 fully saturated rings. The lowest BCUT2D eigenvalue weighted by Crippen LogP contribution is -2.02. The van der Waals surface area contributed by atoms with Gasteiger partial charge in [-0.1, -0.05) is 66.2 Å². The van der Waals surface area contributed by atoms with Crippen molar-refractivity contribution in [2.45, 2.75) is 13.2 Å². The summed E-state index contributed by atoms with van der Waals surface area (Å²) in [5.74, 6) is 0.317. The van der Waals surface area contributed by atoms with E-state index in [2.05, 4.69) is 29.6 Å². The van der Waals surface area contributed by atoms with Crippen LogP contribution >= 0.6 is 11.6 Å². The second-order valence-corrected chi connectivity index (χ2v) is 6.92. The standard InChI is InChI=1S/C24H19ClFNO/c25-22-11-5-12-23(26)21(22)16-28-19-9-3-6-17(14-19)15-27-24-13-4-8-18-7-1-2-10-20(18)24/h1-14,27H,15-16H2. The van der Waals surface area contributed by atoms with E-state index in [1.54, 1.807) is 12.1 Å². The monoisotopic (exact) mass is 391 g/mol. The van der Waals surface area contributed by atoms with Gasteiger partial charge in [0.25, 0.3) is 0 Å². The van der Waals surface area contributed by atoms with Crippen LogP contribution in [0, 0.1) is 5.82 Å². The SMILES string of the molecule is Fc1cccc(Cl)c1COc1cccc(CNc2cccc3ccccc23)c1. The minimum atomic E-state index is -0.360. The first-order chi connectivity index (χ1) is 13.7. The van der Waals surface area contributed by atoms with E-state index in [0.29, 0.717) is 22.9 Å². The summed E-state index contributed by atoms with van der Waals surface area (Å²) < 4.78 is 19.7. The minimum absolute atomic E-state index is 0.0890.